The number of rotatable bonds is 6. The Balaban J connectivity index is 1.81. The predicted octanol–water partition coefficient (Wildman–Crippen LogP) is 3.00. The van der Waals surface area contributed by atoms with Gasteiger partial charge >= 0.3 is 0 Å². The summed E-state index contributed by atoms with van der Waals surface area (Å²) in [4.78, 5) is 11.8. The molecular formula is C16H21N3O2. The predicted molar refractivity (Wildman–Crippen MR) is 82.6 cm³/mol. The van der Waals surface area contributed by atoms with Crippen LogP contribution in [0.15, 0.2) is 24.3 Å². The third-order valence-corrected chi connectivity index (χ3v) is 3.26. The van der Waals surface area contributed by atoms with Gasteiger partial charge in [0.05, 0.1) is 13.0 Å². The summed E-state index contributed by atoms with van der Waals surface area (Å²) >= 11 is 0. The Bertz CT molecular complexity index is 599. The second-order valence-electron chi connectivity index (χ2n) is 5.00. The quantitative estimate of drug-likeness (QED) is 0.858. The highest BCUT2D eigenvalue weighted by molar-refractivity contribution is 5.89. The van der Waals surface area contributed by atoms with Gasteiger partial charge in [0.2, 0.25) is 5.91 Å². The second kappa shape index (κ2) is 6.92. The van der Waals surface area contributed by atoms with Gasteiger partial charge < -0.3 is 10.1 Å². The van der Waals surface area contributed by atoms with Crippen molar-refractivity contribution in [1.29, 1.82) is 0 Å². The fraction of sp³-hybridized carbons (Fsp3) is 0.375. The van der Waals surface area contributed by atoms with Crippen LogP contribution in [0.2, 0.25) is 0 Å². The molecule has 0 aliphatic heterocycles. The van der Waals surface area contributed by atoms with Crippen molar-refractivity contribution < 1.29 is 9.53 Å². The molecule has 0 aliphatic rings. The minimum absolute atomic E-state index is 0.101. The number of amides is 1. The Kier molecular flexibility index (Phi) is 4.98. The standard InChI is InChI=1S/C16H21N3O2/c1-4-13-10-14(19-18-13)17-15(20)8-9-21-16-11(2)6-5-7-12(16)3/h5-7,10H,4,8-9H2,1-3H3,(H2,17,18,19,20). The molecule has 112 valence electrons. The summed E-state index contributed by atoms with van der Waals surface area (Å²) in [6.45, 7) is 6.37. The van der Waals surface area contributed by atoms with Crippen molar-refractivity contribution in [3.8, 4) is 5.75 Å². The summed E-state index contributed by atoms with van der Waals surface area (Å²) in [6.07, 6.45) is 1.15. The Hall–Kier alpha value is -2.30. The number of carbonyl (C=O) groups excluding carboxylic acids is 1. The zero-order valence-electron chi connectivity index (χ0n) is 12.7. The molecule has 1 amide bonds. The van der Waals surface area contributed by atoms with Crippen LogP contribution in [0, 0.1) is 13.8 Å². The van der Waals surface area contributed by atoms with E-state index in [4.69, 9.17) is 4.74 Å². The SMILES string of the molecule is CCc1cc(NC(=O)CCOc2c(C)cccc2C)n[nH]1. The van der Waals surface area contributed by atoms with Gasteiger partial charge in [0.25, 0.3) is 0 Å². The molecule has 0 saturated carbocycles. The van der Waals surface area contributed by atoms with Crippen molar-refractivity contribution in [2.45, 2.75) is 33.6 Å². The molecule has 2 N–H and O–H groups in total. The average molecular weight is 287 g/mol. The lowest BCUT2D eigenvalue weighted by Gasteiger charge is -2.11. The lowest BCUT2D eigenvalue weighted by Crippen LogP contribution is -2.15. The zero-order chi connectivity index (χ0) is 15.2. The normalized spacial score (nSPS) is 10.4. The van der Waals surface area contributed by atoms with Crippen molar-refractivity contribution >= 4 is 11.7 Å². The molecule has 5 heteroatoms. The third-order valence-electron chi connectivity index (χ3n) is 3.26. The lowest BCUT2D eigenvalue weighted by atomic mass is 10.1. The number of anilines is 1. The topological polar surface area (TPSA) is 67.0 Å². The number of nitrogens with one attached hydrogen (secondary N) is 2. The molecule has 5 nitrogen and oxygen atoms in total. The fourth-order valence-electron chi connectivity index (χ4n) is 2.08. The molecule has 2 rings (SSSR count). The minimum Gasteiger partial charge on any atom is -0.493 e. The monoisotopic (exact) mass is 287 g/mol. The zero-order valence-corrected chi connectivity index (χ0v) is 12.7. The van der Waals surface area contributed by atoms with Gasteiger partial charge in [-0.15, -0.1) is 0 Å². The molecule has 21 heavy (non-hydrogen) atoms. The van der Waals surface area contributed by atoms with Gasteiger partial charge in [0.1, 0.15) is 5.75 Å². The third kappa shape index (κ3) is 4.08. The van der Waals surface area contributed by atoms with Crippen molar-refractivity contribution in [2.24, 2.45) is 0 Å². The molecule has 0 saturated heterocycles. The van der Waals surface area contributed by atoms with Gasteiger partial charge in [0.15, 0.2) is 5.82 Å². The second-order valence-corrected chi connectivity index (χ2v) is 5.00. The van der Waals surface area contributed by atoms with Crippen LogP contribution in [0.25, 0.3) is 0 Å². The van der Waals surface area contributed by atoms with E-state index >= 15 is 0 Å². The first kappa shape index (κ1) is 15.1. The molecule has 1 heterocycles. The smallest absolute Gasteiger partial charge is 0.229 e. The first-order chi connectivity index (χ1) is 10.1. The molecule has 1 aromatic carbocycles. The number of ether oxygens (including phenoxy) is 1. The summed E-state index contributed by atoms with van der Waals surface area (Å²) in [6, 6.07) is 7.83. The summed E-state index contributed by atoms with van der Waals surface area (Å²) in [7, 11) is 0. The van der Waals surface area contributed by atoms with E-state index in [1.165, 1.54) is 0 Å². The van der Waals surface area contributed by atoms with Crippen LogP contribution < -0.4 is 10.1 Å². The summed E-state index contributed by atoms with van der Waals surface area (Å²) in [5.41, 5.74) is 3.16. The van der Waals surface area contributed by atoms with E-state index in [2.05, 4.69) is 15.5 Å². The molecule has 0 spiro atoms. The first-order valence-corrected chi connectivity index (χ1v) is 7.13. The molecular weight excluding hydrogens is 266 g/mol. The molecule has 0 bridgehead atoms. The maximum Gasteiger partial charge on any atom is 0.229 e. The lowest BCUT2D eigenvalue weighted by molar-refractivity contribution is -0.116. The van der Waals surface area contributed by atoms with Crippen molar-refractivity contribution in [3.05, 3.63) is 41.1 Å². The van der Waals surface area contributed by atoms with Gasteiger partial charge in [-0.25, -0.2) is 0 Å². The number of hydrogen-bond donors (Lipinski definition) is 2. The number of hydrogen-bond acceptors (Lipinski definition) is 3. The van der Waals surface area contributed by atoms with E-state index in [1.807, 2.05) is 45.0 Å². The van der Waals surface area contributed by atoms with Crippen LogP contribution >= 0.6 is 0 Å². The maximum absolute atomic E-state index is 11.8. The average Bonchev–Trinajstić information content (AvgIpc) is 2.89. The van der Waals surface area contributed by atoms with Gasteiger partial charge in [0, 0.05) is 11.8 Å². The molecule has 0 unspecified atom stereocenters. The highest BCUT2D eigenvalue weighted by atomic mass is 16.5. The first-order valence-electron chi connectivity index (χ1n) is 7.13. The van der Waals surface area contributed by atoms with Gasteiger partial charge in [-0.3, -0.25) is 9.89 Å². The van der Waals surface area contributed by atoms with Crippen molar-refractivity contribution in [3.63, 3.8) is 0 Å². The number of aromatic amines is 1. The highest BCUT2D eigenvalue weighted by Crippen LogP contribution is 2.22. The number of H-pyrrole nitrogens is 1. The van der Waals surface area contributed by atoms with Crippen LogP contribution in [0.5, 0.6) is 5.75 Å². The minimum atomic E-state index is -0.101. The fourth-order valence-corrected chi connectivity index (χ4v) is 2.08. The van der Waals surface area contributed by atoms with Crippen LogP contribution in [-0.4, -0.2) is 22.7 Å². The molecule has 2 aromatic rings. The number of nitrogens with zero attached hydrogens (tertiary/aromatic N) is 1. The molecule has 0 atom stereocenters. The van der Waals surface area contributed by atoms with Gasteiger partial charge in [-0.2, -0.15) is 5.10 Å². The Morgan fingerprint density at radius 2 is 2.05 bits per heavy atom. The van der Waals surface area contributed by atoms with Crippen LogP contribution in [0.3, 0.4) is 0 Å². The van der Waals surface area contributed by atoms with E-state index in [-0.39, 0.29) is 5.91 Å². The van der Waals surface area contributed by atoms with Crippen molar-refractivity contribution in [2.75, 3.05) is 11.9 Å². The van der Waals surface area contributed by atoms with Gasteiger partial charge in [-0.1, -0.05) is 25.1 Å². The number of para-hydroxylation sites is 1. The number of aromatic nitrogens is 2. The molecule has 1 aromatic heterocycles. The summed E-state index contributed by atoms with van der Waals surface area (Å²) in [5, 5.41) is 9.64. The van der Waals surface area contributed by atoms with Crippen LogP contribution in [0.4, 0.5) is 5.82 Å². The maximum atomic E-state index is 11.8. The van der Waals surface area contributed by atoms with E-state index in [1.54, 1.807) is 0 Å². The largest absolute Gasteiger partial charge is 0.493 e. The van der Waals surface area contributed by atoms with Crippen LogP contribution in [0.1, 0.15) is 30.2 Å². The molecule has 0 radical (unpaired) electrons. The summed E-state index contributed by atoms with van der Waals surface area (Å²) < 4.78 is 5.71. The highest BCUT2D eigenvalue weighted by Gasteiger charge is 2.07. The van der Waals surface area contributed by atoms with E-state index < -0.39 is 0 Å². The number of carbonyl (C=O) groups is 1. The summed E-state index contributed by atoms with van der Waals surface area (Å²) in [5.74, 6) is 1.32. The number of aryl methyl sites for hydroxylation is 3. The van der Waals surface area contributed by atoms with E-state index in [0.29, 0.717) is 18.8 Å². The van der Waals surface area contributed by atoms with Gasteiger partial charge in [-0.05, 0) is 31.4 Å². The number of benzene rings is 1. The van der Waals surface area contributed by atoms with Crippen molar-refractivity contribution in [1.82, 2.24) is 10.2 Å². The van der Waals surface area contributed by atoms with E-state index in [0.717, 1.165) is 29.0 Å². The Morgan fingerprint density at radius 3 is 2.67 bits per heavy atom. The molecule has 0 fully saturated rings. The van der Waals surface area contributed by atoms with Crippen LogP contribution in [-0.2, 0) is 11.2 Å². The Morgan fingerprint density at radius 1 is 1.33 bits per heavy atom. The van der Waals surface area contributed by atoms with E-state index in [9.17, 15) is 4.79 Å². The molecule has 0 aliphatic carbocycles. The Labute approximate surface area is 124 Å².